The quantitative estimate of drug-likeness (QED) is 0.110. The average Bonchev–Trinajstić information content (AvgIpc) is 1.66. The Hall–Kier alpha value is -15.1. The molecule has 22 rings (SSSR count). The van der Waals surface area contributed by atoms with Crippen molar-refractivity contribution < 1.29 is 18.7 Å². The van der Waals surface area contributed by atoms with Gasteiger partial charge in [-0.25, -0.2) is 42.5 Å². The molecule has 0 amide bonds. The number of aromatic nitrogens is 16. The number of benzene rings is 7. The maximum absolute atomic E-state index is 13.6. The smallest absolute Gasteiger partial charge is 0.337 e. The lowest BCUT2D eigenvalue weighted by Crippen LogP contribution is -1.99. The number of nitrogens with one attached hydrogen (secondary N) is 1. The SMILES string of the molecule is Cc1cc(-c2ncccc2-c2cc(C(=O)O)c3[nH]ncc3c2)ccc1F.Cc1cc(-c2ncccc2-c2ccc3ncnn3c2)ccc1F.Cc1cccc(-c2ncccc2-c2ccc3ncnn3c2)c1.c1cc(-c2ncccc2-c2ccc3nccn3c2)cc(C2CC2)c1.c1cc(-c2ncccc2-c2ccc3ncsc3c2)cc(C2CC2)c1. The Morgan fingerprint density at radius 1 is 0.412 bits per heavy atom. The molecular weight excluding hydrogens is 1500 g/mol. The van der Waals surface area contributed by atoms with Crippen LogP contribution in [-0.2, 0) is 0 Å². The van der Waals surface area contributed by atoms with Crippen LogP contribution in [0, 0.1) is 32.4 Å². The summed E-state index contributed by atoms with van der Waals surface area (Å²) in [6.45, 7) is 5.54. The van der Waals surface area contributed by atoms with Gasteiger partial charge in [-0.15, -0.1) is 11.3 Å². The zero-order valence-electron chi connectivity index (χ0n) is 64.8. The van der Waals surface area contributed by atoms with E-state index in [0.717, 1.165) is 113 Å². The predicted molar refractivity (Wildman–Crippen MR) is 465 cm³/mol. The molecule has 2 saturated carbocycles. The molecule has 0 saturated heterocycles. The zero-order valence-corrected chi connectivity index (χ0v) is 65.6. The number of carboxylic acid groups (broad SMARTS) is 1. The number of aromatic carboxylic acids is 1. The van der Waals surface area contributed by atoms with Crippen LogP contribution in [0.1, 0.15) is 75.7 Å². The van der Waals surface area contributed by atoms with Crippen LogP contribution in [-0.4, -0.2) is 89.8 Å². The van der Waals surface area contributed by atoms with Gasteiger partial charge < -0.3 is 9.51 Å². The minimum atomic E-state index is -1.04. The van der Waals surface area contributed by atoms with Crippen LogP contribution in [0.2, 0.25) is 0 Å². The van der Waals surface area contributed by atoms with E-state index in [1.807, 2.05) is 126 Å². The third-order valence-corrected chi connectivity index (χ3v) is 22.0. The Balaban J connectivity index is 0.000000102. The molecule has 0 bridgehead atoms. The number of carbonyl (C=O) groups is 1. The number of carboxylic acids is 1. The van der Waals surface area contributed by atoms with Crippen LogP contribution < -0.4 is 0 Å². The minimum Gasteiger partial charge on any atom is -0.478 e. The fourth-order valence-corrected chi connectivity index (χ4v) is 15.6. The molecule has 7 aromatic carbocycles. The van der Waals surface area contributed by atoms with Crippen molar-refractivity contribution in [2.45, 2.75) is 58.3 Å². The summed E-state index contributed by atoms with van der Waals surface area (Å²) in [4.78, 5) is 51.6. The van der Waals surface area contributed by atoms with Crippen molar-refractivity contribution in [3.8, 4) is 112 Å². The molecule has 0 atom stereocenters. The largest absolute Gasteiger partial charge is 0.478 e. The van der Waals surface area contributed by atoms with Crippen LogP contribution in [0.15, 0.2) is 323 Å². The number of hydrogen-bond acceptors (Lipinski definition) is 14. The van der Waals surface area contributed by atoms with Crippen molar-refractivity contribution in [3.05, 3.63) is 368 Å². The molecule has 18 nitrogen and oxygen atoms in total. The summed E-state index contributed by atoms with van der Waals surface area (Å²) in [7, 11) is 0. The summed E-state index contributed by atoms with van der Waals surface area (Å²) in [5.41, 5.74) is 31.4. The van der Waals surface area contributed by atoms with E-state index in [4.69, 9.17) is 4.98 Å². The first-order valence-corrected chi connectivity index (χ1v) is 39.9. The number of fused-ring (bicyclic) bond motifs is 5. The maximum atomic E-state index is 13.6. The molecule has 0 aliphatic heterocycles. The van der Waals surface area contributed by atoms with Crippen molar-refractivity contribution >= 4 is 55.4 Å². The van der Waals surface area contributed by atoms with Gasteiger partial charge >= 0.3 is 5.97 Å². The van der Waals surface area contributed by atoms with Crippen LogP contribution in [0.5, 0.6) is 0 Å². The molecule has 119 heavy (non-hydrogen) atoms. The van der Waals surface area contributed by atoms with E-state index in [9.17, 15) is 18.7 Å². The van der Waals surface area contributed by atoms with E-state index < -0.39 is 5.97 Å². The van der Waals surface area contributed by atoms with Crippen molar-refractivity contribution in [2.24, 2.45) is 0 Å². The fourth-order valence-electron chi connectivity index (χ4n) is 14.9. The van der Waals surface area contributed by atoms with E-state index in [2.05, 4.69) is 195 Å². The molecule has 2 N–H and O–H groups in total. The van der Waals surface area contributed by atoms with Crippen LogP contribution in [0.25, 0.3) is 150 Å². The van der Waals surface area contributed by atoms with Crippen LogP contribution in [0.4, 0.5) is 8.78 Å². The van der Waals surface area contributed by atoms with Gasteiger partial charge in [0.05, 0.1) is 61.5 Å². The highest BCUT2D eigenvalue weighted by atomic mass is 32.1. The number of pyridine rings is 8. The van der Waals surface area contributed by atoms with Gasteiger partial charge in [0.2, 0.25) is 0 Å². The number of aromatic amines is 1. The molecule has 2 aliphatic carbocycles. The van der Waals surface area contributed by atoms with Crippen molar-refractivity contribution in [3.63, 3.8) is 0 Å². The molecule has 2 aliphatic rings. The predicted octanol–water partition coefficient (Wildman–Crippen LogP) is 23.0. The summed E-state index contributed by atoms with van der Waals surface area (Å²) in [6, 6.07) is 77.9. The monoisotopic (exact) mass is 1580 g/mol. The van der Waals surface area contributed by atoms with Crippen molar-refractivity contribution in [1.82, 2.24) is 78.7 Å². The van der Waals surface area contributed by atoms with Gasteiger partial charge in [-0.1, -0.05) is 96.6 Å². The fraction of sp³-hybridized carbons (Fsp3) is 0.0918. The first-order chi connectivity index (χ1) is 58.3. The molecule has 578 valence electrons. The second-order valence-corrected chi connectivity index (χ2v) is 30.3. The van der Waals surface area contributed by atoms with Crippen molar-refractivity contribution in [2.75, 3.05) is 0 Å². The summed E-state index contributed by atoms with van der Waals surface area (Å²) < 4.78 is 33.9. The Morgan fingerprint density at radius 3 is 1.36 bits per heavy atom. The highest BCUT2D eigenvalue weighted by Gasteiger charge is 2.26. The number of thiazole rings is 1. The maximum Gasteiger partial charge on any atom is 0.337 e. The first kappa shape index (κ1) is 75.3. The number of rotatable bonds is 13. The first-order valence-electron chi connectivity index (χ1n) is 39.0. The lowest BCUT2D eigenvalue weighted by Gasteiger charge is -2.11. The molecular formula is C98H74F2N16O2S. The number of H-pyrrole nitrogens is 1. The lowest BCUT2D eigenvalue weighted by atomic mass is 9.96. The van der Waals surface area contributed by atoms with E-state index in [1.165, 1.54) is 87.8 Å². The van der Waals surface area contributed by atoms with Crippen LogP contribution >= 0.6 is 11.3 Å². The van der Waals surface area contributed by atoms with Gasteiger partial charge in [0.1, 0.15) is 29.9 Å². The van der Waals surface area contributed by atoms with Gasteiger partial charge in [0.15, 0.2) is 11.3 Å². The van der Waals surface area contributed by atoms with Crippen LogP contribution in [0.3, 0.4) is 0 Å². The molecule has 20 aromatic rings. The average molecular weight is 1580 g/mol. The lowest BCUT2D eigenvalue weighted by molar-refractivity contribution is 0.0698. The highest BCUT2D eigenvalue weighted by molar-refractivity contribution is 7.16. The van der Waals surface area contributed by atoms with Gasteiger partial charge in [0, 0.05) is 140 Å². The second-order valence-electron chi connectivity index (χ2n) is 29.4. The summed E-state index contributed by atoms with van der Waals surface area (Å²) in [5.74, 6) is -0.0243. The van der Waals surface area contributed by atoms with E-state index in [0.29, 0.717) is 33.3 Å². The van der Waals surface area contributed by atoms with Crippen molar-refractivity contribution in [1.29, 1.82) is 0 Å². The molecule has 0 unspecified atom stereocenters. The normalized spacial score (nSPS) is 12.3. The second kappa shape index (κ2) is 33.4. The Labute approximate surface area is 686 Å². The summed E-state index contributed by atoms with van der Waals surface area (Å²) in [6.07, 6.45) is 28.7. The molecule has 0 radical (unpaired) electrons. The zero-order chi connectivity index (χ0) is 80.9. The number of imidazole rings is 1. The molecule has 13 aromatic heterocycles. The number of halogens is 2. The molecule has 13 heterocycles. The van der Waals surface area contributed by atoms with E-state index >= 15 is 0 Å². The standard InChI is InChI=1S/C21H17N3.C21H16N2S.C20H14FN3O2.C18H13FN4.C18H14N4/c1-3-16(15-6-7-15)13-17(4-1)21-19(5-2-10-23-21)18-8-9-20-22-11-12-24(20)14-18;1-3-15(14-6-7-14)11-17(4-1)21-18(5-2-10-22-21)16-8-9-19-20(12-16)24-13-23-19;1-11-7-12(4-5-17(11)21)18-15(3-2-6-22-18)13-8-14-10-23-24-19(14)16(9-13)20(25)26;1-12-9-13(4-6-16(12)19)18-15(3-2-8-20-18)14-5-7-17-21-11-22-23(17)10-14;1-13-4-2-5-14(10-13)18-16(6-3-9-19-18)15-7-8-17-20-12-21-22(17)11-15/h1-5,8-15H,6-7H2;1-5,8-14H,6-7H2;2-10H,1H3,(H,23,24)(H,25,26);2-11H,1H3;2-12H,1H3. The Kier molecular flexibility index (Phi) is 21.1. The number of hydrogen-bond donors (Lipinski definition) is 2. The third-order valence-electron chi connectivity index (χ3n) is 21.2. The number of nitrogens with zero attached hydrogens (tertiary/aromatic N) is 15. The summed E-state index contributed by atoms with van der Waals surface area (Å²) >= 11 is 1.68. The Bertz CT molecular complexity index is 6970. The van der Waals surface area contributed by atoms with Gasteiger partial charge in [-0.3, -0.25) is 30.0 Å². The molecule has 21 heteroatoms. The minimum absolute atomic E-state index is 0.139. The van der Waals surface area contributed by atoms with Gasteiger partial charge in [-0.2, -0.15) is 15.3 Å². The molecule has 2 fully saturated rings. The van der Waals surface area contributed by atoms with E-state index in [-0.39, 0.29) is 17.2 Å². The number of aryl methyl sites for hydroxylation is 3. The van der Waals surface area contributed by atoms with Gasteiger partial charge in [0.25, 0.3) is 0 Å². The third kappa shape index (κ3) is 16.5. The highest BCUT2D eigenvalue weighted by Crippen LogP contribution is 2.44. The van der Waals surface area contributed by atoms with Gasteiger partial charge in [-0.05, 0) is 237 Å². The molecule has 0 spiro atoms. The van der Waals surface area contributed by atoms with E-state index in [1.54, 1.807) is 89.5 Å². The summed E-state index contributed by atoms with van der Waals surface area (Å²) in [5, 5.41) is 25.3. The Morgan fingerprint density at radius 2 is 0.866 bits per heavy atom. The topological polar surface area (TPSA) is 221 Å².